The number of para-hydroxylation sites is 2. The second-order valence-corrected chi connectivity index (χ2v) is 9.49. The highest BCUT2D eigenvalue weighted by atomic mass is 35.5. The molecule has 1 heterocycles. The molecule has 0 radical (unpaired) electrons. The fourth-order valence-corrected chi connectivity index (χ4v) is 5.39. The number of fused-ring (bicyclic) bond motifs is 1. The second kappa shape index (κ2) is 9.18. The summed E-state index contributed by atoms with van der Waals surface area (Å²) in [4.78, 5) is 12.1. The van der Waals surface area contributed by atoms with Gasteiger partial charge in [-0.25, -0.2) is 12.8 Å². The zero-order valence-electron chi connectivity index (χ0n) is 16.9. The normalized spacial score (nSPS) is 13.4. The van der Waals surface area contributed by atoms with Crippen molar-refractivity contribution in [1.82, 2.24) is 0 Å². The van der Waals surface area contributed by atoms with Crippen LogP contribution < -0.4 is 14.4 Å². The third-order valence-corrected chi connectivity index (χ3v) is 7.17. The number of nitrogens with zero attached hydrogens (tertiary/aromatic N) is 1. The SMILES string of the molecule is O=C(COc1ccc(S(=O)(=O)N2CCCc3ccccc32)cc1Cl)Nc1ccccc1F. The average molecular weight is 475 g/mol. The van der Waals surface area contributed by atoms with Crippen LogP contribution in [0, 0.1) is 5.82 Å². The van der Waals surface area contributed by atoms with Crippen molar-refractivity contribution in [1.29, 1.82) is 0 Å². The van der Waals surface area contributed by atoms with E-state index in [2.05, 4.69) is 5.32 Å². The van der Waals surface area contributed by atoms with Gasteiger partial charge in [0.25, 0.3) is 15.9 Å². The van der Waals surface area contributed by atoms with Crippen molar-refractivity contribution >= 4 is 38.9 Å². The van der Waals surface area contributed by atoms with Crippen LogP contribution in [0.15, 0.2) is 71.6 Å². The lowest BCUT2D eigenvalue weighted by Crippen LogP contribution is -2.35. The first kappa shape index (κ1) is 22.1. The molecule has 0 fully saturated rings. The highest BCUT2D eigenvalue weighted by Gasteiger charge is 2.29. The lowest BCUT2D eigenvalue weighted by atomic mass is 10.0. The number of carbonyl (C=O) groups excluding carboxylic acids is 1. The van der Waals surface area contributed by atoms with Crippen LogP contribution in [0.25, 0.3) is 0 Å². The van der Waals surface area contributed by atoms with Crippen molar-refractivity contribution in [2.24, 2.45) is 0 Å². The second-order valence-electron chi connectivity index (χ2n) is 7.22. The molecule has 1 aliphatic rings. The van der Waals surface area contributed by atoms with Crippen molar-refractivity contribution in [3.8, 4) is 5.75 Å². The van der Waals surface area contributed by atoms with Gasteiger partial charge in [0, 0.05) is 6.54 Å². The van der Waals surface area contributed by atoms with Crippen LogP contribution in [0.5, 0.6) is 5.75 Å². The average Bonchev–Trinajstić information content (AvgIpc) is 2.79. The van der Waals surface area contributed by atoms with Gasteiger partial charge in [0.05, 0.1) is 21.3 Å². The number of hydrogen-bond acceptors (Lipinski definition) is 4. The maximum atomic E-state index is 13.6. The minimum atomic E-state index is -3.82. The van der Waals surface area contributed by atoms with Crippen LogP contribution in [0.1, 0.15) is 12.0 Å². The zero-order valence-corrected chi connectivity index (χ0v) is 18.5. The minimum absolute atomic E-state index is 0.0300. The Balaban J connectivity index is 1.48. The fraction of sp³-hybridized carbons (Fsp3) is 0.174. The molecule has 3 aromatic rings. The van der Waals surface area contributed by atoms with Crippen LogP contribution in [-0.2, 0) is 21.2 Å². The van der Waals surface area contributed by atoms with E-state index in [1.54, 1.807) is 12.1 Å². The zero-order chi connectivity index (χ0) is 22.7. The Morgan fingerprint density at radius 2 is 1.84 bits per heavy atom. The molecule has 0 saturated carbocycles. The van der Waals surface area contributed by atoms with E-state index in [9.17, 15) is 17.6 Å². The van der Waals surface area contributed by atoms with Gasteiger partial charge in [0.15, 0.2) is 6.61 Å². The number of aryl methyl sites for hydroxylation is 1. The van der Waals surface area contributed by atoms with Gasteiger partial charge in [-0.1, -0.05) is 41.9 Å². The van der Waals surface area contributed by atoms with E-state index in [1.807, 2.05) is 18.2 Å². The molecule has 166 valence electrons. The van der Waals surface area contributed by atoms with Crippen molar-refractivity contribution in [3.63, 3.8) is 0 Å². The molecule has 4 rings (SSSR count). The maximum Gasteiger partial charge on any atom is 0.264 e. The Morgan fingerprint density at radius 3 is 2.62 bits per heavy atom. The smallest absolute Gasteiger partial charge is 0.264 e. The number of anilines is 2. The van der Waals surface area contributed by atoms with Crippen LogP contribution >= 0.6 is 11.6 Å². The predicted octanol–water partition coefficient (Wildman–Crippen LogP) is 4.64. The summed E-state index contributed by atoms with van der Waals surface area (Å²) >= 11 is 6.24. The number of hydrogen-bond donors (Lipinski definition) is 1. The first-order chi connectivity index (χ1) is 15.4. The van der Waals surface area contributed by atoms with Gasteiger partial charge in [-0.05, 0) is 54.8 Å². The summed E-state index contributed by atoms with van der Waals surface area (Å²) in [5, 5.41) is 2.45. The summed E-state index contributed by atoms with van der Waals surface area (Å²) in [7, 11) is -3.82. The van der Waals surface area contributed by atoms with E-state index >= 15 is 0 Å². The number of nitrogens with one attached hydrogen (secondary N) is 1. The maximum absolute atomic E-state index is 13.6. The van der Waals surface area contributed by atoms with E-state index < -0.39 is 28.4 Å². The van der Waals surface area contributed by atoms with Crippen molar-refractivity contribution in [2.45, 2.75) is 17.7 Å². The highest BCUT2D eigenvalue weighted by Crippen LogP contribution is 2.34. The van der Waals surface area contributed by atoms with Crippen LogP contribution in [0.3, 0.4) is 0 Å². The number of rotatable bonds is 6. The van der Waals surface area contributed by atoms with Crippen molar-refractivity contribution in [2.75, 3.05) is 22.8 Å². The summed E-state index contributed by atoms with van der Waals surface area (Å²) in [6.07, 6.45) is 1.55. The van der Waals surface area contributed by atoms with E-state index in [4.69, 9.17) is 16.3 Å². The van der Waals surface area contributed by atoms with E-state index in [-0.39, 0.29) is 21.4 Å². The van der Waals surface area contributed by atoms with Crippen molar-refractivity contribution < 1.29 is 22.3 Å². The fourth-order valence-electron chi connectivity index (χ4n) is 3.53. The number of halogens is 2. The molecular weight excluding hydrogens is 455 g/mol. The molecule has 0 atom stereocenters. The van der Waals surface area contributed by atoms with Gasteiger partial charge >= 0.3 is 0 Å². The van der Waals surface area contributed by atoms with E-state index in [1.165, 1.54) is 40.7 Å². The van der Waals surface area contributed by atoms with Gasteiger partial charge in [0.1, 0.15) is 11.6 Å². The highest BCUT2D eigenvalue weighted by molar-refractivity contribution is 7.92. The lowest BCUT2D eigenvalue weighted by molar-refractivity contribution is -0.118. The lowest BCUT2D eigenvalue weighted by Gasteiger charge is -2.30. The number of amides is 1. The Labute approximate surface area is 190 Å². The van der Waals surface area contributed by atoms with Gasteiger partial charge in [-0.15, -0.1) is 0 Å². The number of benzene rings is 3. The topological polar surface area (TPSA) is 75.7 Å². The molecule has 0 saturated heterocycles. The molecule has 0 spiro atoms. The third kappa shape index (κ3) is 4.56. The first-order valence-electron chi connectivity index (χ1n) is 9.93. The summed E-state index contributed by atoms with van der Waals surface area (Å²) in [5.41, 5.74) is 1.68. The first-order valence-corrected chi connectivity index (χ1v) is 11.8. The van der Waals surface area contributed by atoms with E-state index in [0.29, 0.717) is 12.2 Å². The quantitative estimate of drug-likeness (QED) is 0.564. The Bertz CT molecular complexity index is 1270. The van der Waals surface area contributed by atoms with Crippen molar-refractivity contribution in [3.05, 3.63) is 83.1 Å². The van der Waals surface area contributed by atoms with Gasteiger partial charge < -0.3 is 10.1 Å². The number of ether oxygens (including phenoxy) is 1. The summed E-state index contributed by atoms with van der Waals surface area (Å²) in [6, 6.07) is 17.3. The van der Waals surface area contributed by atoms with Gasteiger partial charge in [0.2, 0.25) is 0 Å². The minimum Gasteiger partial charge on any atom is -0.482 e. The summed E-state index contributed by atoms with van der Waals surface area (Å²) < 4.78 is 46.9. The number of carbonyl (C=O) groups is 1. The monoisotopic (exact) mass is 474 g/mol. The van der Waals surface area contributed by atoms with Gasteiger partial charge in [-0.3, -0.25) is 9.10 Å². The standard InChI is InChI=1S/C23H20ClFN2O4S/c24-18-14-17(32(29,30)27-13-5-7-16-6-1-4-10-21(16)27)11-12-22(18)31-15-23(28)26-20-9-3-2-8-19(20)25/h1-4,6,8-12,14H,5,7,13,15H2,(H,26,28). The molecule has 0 aromatic heterocycles. The molecule has 1 N–H and O–H groups in total. The van der Waals surface area contributed by atoms with Crippen LogP contribution in [0.4, 0.5) is 15.8 Å². The largest absolute Gasteiger partial charge is 0.482 e. The Morgan fingerprint density at radius 1 is 1.09 bits per heavy atom. The molecule has 0 unspecified atom stereocenters. The molecule has 9 heteroatoms. The molecule has 1 amide bonds. The molecular formula is C23H20ClFN2O4S. The third-order valence-electron chi connectivity index (χ3n) is 5.07. The molecule has 3 aromatic carbocycles. The summed E-state index contributed by atoms with van der Waals surface area (Å²) in [6.45, 7) is -0.0366. The molecule has 32 heavy (non-hydrogen) atoms. The van der Waals surface area contributed by atoms with Crippen LogP contribution in [0.2, 0.25) is 5.02 Å². The van der Waals surface area contributed by atoms with Crippen LogP contribution in [-0.4, -0.2) is 27.5 Å². The Hall–Kier alpha value is -3.10. The molecule has 1 aliphatic heterocycles. The summed E-state index contributed by atoms with van der Waals surface area (Å²) in [5.74, 6) is -0.992. The van der Waals surface area contributed by atoms with E-state index in [0.717, 1.165) is 18.4 Å². The number of sulfonamides is 1. The molecule has 0 bridgehead atoms. The molecule has 0 aliphatic carbocycles. The molecule has 6 nitrogen and oxygen atoms in total. The van der Waals surface area contributed by atoms with Gasteiger partial charge in [-0.2, -0.15) is 0 Å². The predicted molar refractivity (Wildman–Crippen MR) is 121 cm³/mol. The Kier molecular flexibility index (Phi) is 6.34.